The molecular weight excluding hydrogens is 250 g/mol. The van der Waals surface area contributed by atoms with E-state index in [1.807, 2.05) is 18.2 Å². The van der Waals surface area contributed by atoms with Gasteiger partial charge in [0.2, 0.25) is 5.91 Å². The van der Waals surface area contributed by atoms with Gasteiger partial charge in [-0.15, -0.1) is 0 Å². The number of carbonyl (C=O) groups excluding carboxylic acids is 1. The molecule has 0 unspecified atom stereocenters. The van der Waals surface area contributed by atoms with E-state index in [1.54, 1.807) is 0 Å². The Morgan fingerprint density at radius 3 is 2.50 bits per heavy atom. The van der Waals surface area contributed by atoms with Crippen LogP contribution in [0.1, 0.15) is 44.1 Å². The van der Waals surface area contributed by atoms with Crippen molar-refractivity contribution in [3.8, 4) is 0 Å². The Hall–Kier alpha value is -1.35. The highest BCUT2D eigenvalue weighted by Gasteiger charge is 2.39. The fourth-order valence-corrected chi connectivity index (χ4v) is 3.61. The molecule has 0 N–H and O–H groups in total. The first-order valence-electron chi connectivity index (χ1n) is 7.76. The maximum Gasteiger partial charge on any atom is 0.230 e. The van der Waals surface area contributed by atoms with Crippen molar-refractivity contribution in [1.82, 2.24) is 4.90 Å². The minimum absolute atomic E-state index is 0.00241. The summed E-state index contributed by atoms with van der Waals surface area (Å²) in [5.41, 5.74) is 1.14. The Bertz CT molecular complexity index is 437. The zero-order valence-electron chi connectivity index (χ0n) is 12.1. The van der Waals surface area contributed by atoms with Crippen LogP contribution in [0.3, 0.4) is 0 Å². The summed E-state index contributed by atoms with van der Waals surface area (Å²) in [7, 11) is 0. The maximum atomic E-state index is 13.0. The first kappa shape index (κ1) is 13.6. The highest BCUT2D eigenvalue weighted by atomic mass is 16.5. The lowest BCUT2D eigenvalue weighted by molar-refractivity contribution is -0.152. The third-order valence-corrected chi connectivity index (χ3v) is 4.64. The molecule has 3 atom stereocenters. The van der Waals surface area contributed by atoms with Crippen molar-refractivity contribution in [3.05, 3.63) is 35.9 Å². The van der Waals surface area contributed by atoms with E-state index < -0.39 is 0 Å². The van der Waals surface area contributed by atoms with Crippen LogP contribution >= 0.6 is 0 Å². The molecule has 2 fully saturated rings. The molecule has 3 rings (SSSR count). The highest BCUT2D eigenvalue weighted by molar-refractivity contribution is 5.84. The predicted octanol–water partition coefficient (Wildman–Crippen LogP) is 2.96. The van der Waals surface area contributed by atoms with Crippen LogP contribution in [0.15, 0.2) is 30.3 Å². The van der Waals surface area contributed by atoms with Crippen molar-refractivity contribution in [2.24, 2.45) is 0 Å². The van der Waals surface area contributed by atoms with Gasteiger partial charge in [0.25, 0.3) is 0 Å². The SMILES string of the molecule is CC[C@H](C(=O)N1[C@H]2CCC[C@H]1COC2)c1ccccc1. The summed E-state index contributed by atoms with van der Waals surface area (Å²) in [6.07, 6.45) is 4.27. The lowest BCUT2D eigenvalue weighted by Gasteiger charge is -2.47. The third-order valence-electron chi connectivity index (χ3n) is 4.64. The molecule has 1 aromatic rings. The largest absolute Gasteiger partial charge is 0.377 e. The molecule has 2 saturated heterocycles. The fourth-order valence-electron chi connectivity index (χ4n) is 3.61. The van der Waals surface area contributed by atoms with Crippen LogP contribution < -0.4 is 0 Å². The van der Waals surface area contributed by atoms with Gasteiger partial charge in [0, 0.05) is 0 Å². The molecule has 0 aromatic heterocycles. The lowest BCUT2D eigenvalue weighted by atomic mass is 9.89. The van der Waals surface area contributed by atoms with Gasteiger partial charge in [-0.3, -0.25) is 4.79 Å². The number of hydrogen-bond donors (Lipinski definition) is 0. The molecule has 0 saturated carbocycles. The Morgan fingerprint density at radius 2 is 1.90 bits per heavy atom. The molecule has 3 heteroatoms. The van der Waals surface area contributed by atoms with Gasteiger partial charge < -0.3 is 9.64 Å². The Morgan fingerprint density at radius 1 is 1.25 bits per heavy atom. The van der Waals surface area contributed by atoms with Gasteiger partial charge in [0.15, 0.2) is 0 Å². The van der Waals surface area contributed by atoms with E-state index in [9.17, 15) is 4.79 Å². The molecule has 0 spiro atoms. The zero-order chi connectivity index (χ0) is 13.9. The lowest BCUT2D eigenvalue weighted by Crippen LogP contribution is -2.58. The van der Waals surface area contributed by atoms with Crippen molar-refractivity contribution in [1.29, 1.82) is 0 Å². The Labute approximate surface area is 120 Å². The number of ether oxygens (including phenoxy) is 1. The second-order valence-electron chi connectivity index (χ2n) is 5.89. The number of amides is 1. The van der Waals surface area contributed by atoms with Gasteiger partial charge in [0.1, 0.15) is 0 Å². The average molecular weight is 273 g/mol. The monoisotopic (exact) mass is 273 g/mol. The molecular formula is C17H23NO2. The van der Waals surface area contributed by atoms with E-state index in [0.29, 0.717) is 31.2 Å². The first-order chi connectivity index (χ1) is 9.81. The molecule has 1 amide bonds. The third kappa shape index (κ3) is 2.47. The fraction of sp³-hybridized carbons (Fsp3) is 0.588. The van der Waals surface area contributed by atoms with Crippen LogP contribution in [0.25, 0.3) is 0 Å². The van der Waals surface area contributed by atoms with Gasteiger partial charge in [-0.1, -0.05) is 37.3 Å². The van der Waals surface area contributed by atoms with Gasteiger partial charge in [-0.2, -0.15) is 0 Å². The standard InChI is InChI=1S/C17H23NO2/c1-2-16(13-7-4-3-5-8-13)17(19)18-14-9-6-10-15(18)12-20-11-14/h3-5,7-8,14-16H,2,6,9-12H2,1H3/t14-,15-,16-/m0/s1. The second-order valence-corrected chi connectivity index (χ2v) is 5.89. The van der Waals surface area contributed by atoms with E-state index in [0.717, 1.165) is 24.8 Å². The van der Waals surface area contributed by atoms with Crippen molar-refractivity contribution in [2.75, 3.05) is 13.2 Å². The van der Waals surface area contributed by atoms with Crippen LogP contribution in [0.5, 0.6) is 0 Å². The molecule has 108 valence electrons. The molecule has 0 aliphatic carbocycles. The number of fused-ring (bicyclic) bond motifs is 2. The molecule has 20 heavy (non-hydrogen) atoms. The minimum atomic E-state index is -0.00241. The maximum absolute atomic E-state index is 13.0. The van der Waals surface area contributed by atoms with Crippen molar-refractivity contribution >= 4 is 5.91 Å². The Kier molecular flexibility index (Phi) is 4.06. The molecule has 3 nitrogen and oxygen atoms in total. The summed E-state index contributed by atoms with van der Waals surface area (Å²) in [6.45, 7) is 3.53. The van der Waals surface area contributed by atoms with E-state index in [1.165, 1.54) is 6.42 Å². The predicted molar refractivity (Wildman–Crippen MR) is 78.6 cm³/mol. The number of rotatable bonds is 3. The number of morpholine rings is 1. The number of hydrogen-bond acceptors (Lipinski definition) is 2. The topological polar surface area (TPSA) is 29.5 Å². The molecule has 1 aromatic carbocycles. The van der Waals surface area contributed by atoms with Gasteiger partial charge >= 0.3 is 0 Å². The van der Waals surface area contributed by atoms with Gasteiger partial charge in [-0.05, 0) is 31.2 Å². The van der Waals surface area contributed by atoms with Crippen LogP contribution in [0.4, 0.5) is 0 Å². The van der Waals surface area contributed by atoms with Gasteiger partial charge in [0.05, 0.1) is 31.2 Å². The number of nitrogens with zero attached hydrogens (tertiary/aromatic N) is 1. The summed E-state index contributed by atoms with van der Waals surface area (Å²) in [5, 5.41) is 0. The quantitative estimate of drug-likeness (QED) is 0.847. The highest BCUT2D eigenvalue weighted by Crippen LogP contribution is 2.32. The molecule has 2 aliphatic rings. The summed E-state index contributed by atoms with van der Waals surface area (Å²) in [5.74, 6) is 0.300. The van der Waals surface area contributed by atoms with Crippen molar-refractivity contribution < 1.29 is 9.53 Å². The molecule has 2 heterocycles. The number of piperidine rings is 1. The summed E-state index contributed by atoms with van der Waals surface area (Å²) < 4.78 is 5.64. The van der Waals surface area contributed by atoms with Crippen molar-refractivity contribution in [3.63, 3.8) is 0 Å². The summed E-state index contributed by atoms with van der Waals surface area (Å²) in [4.78, 5) is 15.2. The van der Waals surface area contributed by atoms with Crippen LogP contribution in [-0.2, 0) is 9.53 Å². The van der Waals surface area contributed by atoms with E-state index in [2.05, 4.69) is 24.0 Å². The Balaban J connectivity index is 1.83. The number of carbonyl (C=O) groups is 1. The smallest absolute Gasteiger partial charge is 0.230 e. The molecule has 2 aliphatic heterocycles. The summed E-state index contributed by atoms with van der Waals surface area (Å²) in [6, 6.07) is 10.8. The zero-order valence-corrected chi connectivity index (χ0v) is 12.1. The molecule has 2 bridgehead atoms. The van der Waals surface area contributed by atoms with Gasteiger partial charge in [-0.25, -0.2) is 0 Å². The second kappa shape index (κ2) is 5.96. The van der Waals surface area contributed by atoms with Crippen LogP contribution in [0.2, 0.25) is 0 Å². The van der Waals surface area contributed by atoms with E-state index >= 15 is 0 Å². The van der Waals surface area contributed by atoms with E-state index in [-0.39, 0.29) is 5.92 Å². The normalized spacial score (nSPS) is 27.1. The van der Waals surface area contributed by atoms with E-state index in [4.69, 9.17) is 4.74 Å². The minimum Gasteiger partial charge on any atom is -0.377 e. The van der Waals surface area contributed by atoms with Crippen molar-refractivity contribution in [2.45, 2.75) is 50.6 Å². The molecule has 0 radical (unpaired) electrons. The first-order valence-corrected chi connectivity index (χ1v) is 7.76. The number of benzene rings is 1. The van der Waals surface area contributed by atoms with Crippen LogP contribution in [-0.4, -0.2) is 36.1 Å². The summed E-state index contributed by atoms with van der Waals surface area (Å²) >= 11 is 0. The average Bonchev–Trinajstić information content (AvgIpc) is 2.48. The van der Waals surface area contributed by atoms with Crippen LogP contribution in [0, 0.1) is 0 Å².